The van der Waals surface area contributed by atoms with E-state index >= 15 is 0 Å². The van der Waals surface area contributed by atoms with Crippen LogP contribution in [0.15, 0.2) is 71.4 Å². The maximum Gasteiger partial charge on any atom is 0.320 e. The van der Waals surface area contributed by atoms with Crippen molar-refractivity contribution in [1.82, 2.24) is 24.7 Å². The van der Waals surface area contributed by atoms with Crippen LogP contribution in [0.2, 0.25) is 5.02 Å². The Morgan fingerprint density at radius 2 is 1.84 bits per heavy atom. The molecule has 3 heterocycles. The van der Waals surface area contributed by atoms with Gasteiger partial charge in [0.05, 0.1) is 24.1 Å². The first-order valence-corrected chi connectivity index (χ1v) is 10.00. The topological polar surface area (TPSA) is 93.7 Å². The molecule has 0 spiro atoms. The van der Waals surface area contributed by atoms with Gasteiger partial charge in [0, 0.05) is 23.1 Å². The molecule has 0 radical (unpaired) electrons. The molecule has 0 aliphatic rings. The lowest BCUT2D eigenvalue weighted by molar-refractivity contribution is 0.582. The van der Waals surface area contributed by atoms with Crippen molar-refractivity contribution in [2.45, 2.75) is 6.54 Å². The molecule has 0 amide bonds. The molecule has 31 heavy (non-hydrogen) atoms. The predicted octanol–water partition coefficient (Wildman–Crippen LogP) is 5.03. The normalized spacial score (nSPS) is 11.0. The number of pyridine rings is 1. The summed E-state index contributed by atoms with van der Waals surface area (Å²) in [7, 11) is 1.87. The maximum atomic E-state index is 5.92. The monoisotopic (exact) mass is 431 g/mol. The van der Waals surface area contributed by atoms with Crippen LogP contribution in [0.5, 0.6) is 0 Å². The molecule has 9 heteroatoms. The van der Waals surface area contributed by atoms with Crippen molar-refractivity contribution in [3.8, 4) is 11.6 Å². The molecule has 5 rings (SSSR count). The second-order valence-corrected chi connectivity index (χ2v) is 7.38. The highest BCUT2D eigenvalue weighted by Crippen LogP contribution is 2.28. The largest absolute Gasteiger partial charge is 0.401 e. The van der Waals surface area contributed by atoms with Gasteiger partial charge < -0.3 is 19.6 Å². The average Bonchev–Trinajstić information content (AvgIpc) is 3.39. The zero-order valence-electron chi connectivity index (χ0n) is 16.6. The number of imidazole rings is 1. The van der Waals surface area contributed by atoms with Crippen molar-refractivity contribution in [2.75, 3.05) is 10.6 Å². The lowest BCUT2D eigenvalue weighted by atomic mass is 10.2. The van der Waals surface area contributed by atoms with Gasteiger partial charge in [-0.3, -0.25) is 4.98 Å². The van der Waals surface area contributed by atoms with Crippen LogP contribution in [-0.4, -0.2) is 24.7 Å². The third kappa shape index (κ3) is 4.06. The summed E-state index contributed by atoms with van der Waals surface area (Å²) in [6.07, 6.45) is 1.70. The fourth-order valence-electron chi connectivity index (χ4n) is 3.22. The zero-order chi connectivity index (χ0) is 21.2. The Morgan fingerprint density at radius 3 is 2.71 bits per heavy atom. The number of hydrogen-bond donors (Lipinski definition) is 2. The number of para-hydroxylation sites is 1. The summed E-state index contributed by atoms with van der Waals surface area (Å²) in [6, 6.07) is 19.6. The van der Waals surface area contributed by atoms with E-state index in [0.717, 1.165) is 22.3 Å². The molecule has 0 aliphatic carbocycles. The van der Waals surface area contributed by atoms with Crippen molar-refractivity contribution < 1.29 is 4.42 Å². The number of halogens is 1. The fourth-order valence-corrected chi connectivity index (χ4v) is 3.34. The zero-order valence-corrected chi connectivity index (χ0v) is 17.3. The molecule has 2 N–H and O–H groups in total. The highest BCUT2D eigenvalue weighted by atomic mass is 35.5. The van der Waals surface area contributed by atoms with Crippen LogP contribution < -0.4 is 10.6 Å². The molecule has 0 aliphatic heterocycles. The van der Waals surface area contributed by atoms with E-state index < -0.39 is 0 Å². The minimum atomic E-state index is 0.278. The van der Waals surface area contributed by atoms with E-state index in [-0.39, 0.29) is 6.01 Å². The molecule has 154 valence electrons. The van der Waals surface area contributed by atoms with Gasteiger partial charge in [-0.05, 0) is 36.4 Å². The predicted molar refractivity (Wildman–Crippen MR) is 120 cm³/mol. The molecule has 0 saturated heterocycles. The lowest BCUT2D eigenvalue weighted by Crippen LogP contribution is -2.04. The molecular formula is C22H18ClN7O. The molecule has 8 nitrogen and oxygen atoms in total. The fraction of sp³-hybridized carbons (Fsp3) is 0.0909. The molecule has 0 unspecified atom stereocenters. The number of aryl methyl sites for hydroxylation is 1. The van der Waals surface area contributed by atoms with Crippen LogP contribution in [0.1, 0.15) is 5.69 Å². The maximum absolute atomic E-state index is 5.92. The first-order valence-electron chi connectivity index (χ1n) is 9.62. The number of rotatable bonds is 6. The highest BCUT2D eigenvalue weighted by molar-refractivity contribution is 6.30. The molecule has 0 bridgehead atoms. The Kier molecular flexibility index (Phi) is 4.97. The van der Waals surface area contributed by atoms with Crippen molar-refractivity contribution in [3.05, 3.63) is 77.7 Å². The third-order valence-corrected chi connectivity index (χ3v) is 5.01. The van der Waals surface area contributed by atoms with Crippen molar-refractivity contribution >= 4 is 40.0 Å². The quantitative estimate of drug-likeness (QED) is 0.389. The summed E-state index contributed by atoms with van der Waals surface area (Å²) < 4.78 is 7.64. The first-order chi connectivity index (χ1) is 15.2. The first kappa shape index (κ1) is 19.1. The van der Waals surface area contributed by atoms with Crippen LogP contribution >= 0.6 is 11.6 Å². The average molecular weight is 432 g/mol. The second-order valence-electron chi connectivity index (χ2n) is 6.95. The standard InChI is InChI=1S/C22H18ClN7O/c1-30-13-25-20(24-12-17-9-6-14-4-2-3-5-18(14)26-17)19(30)21-28-29-22(31-21)27-16-10-7-15(23)8-11-16/h2-11,13,24H,12H2,1H3,(H,27,29). The summed E-state index contributed by atoms with van der Waals surface area (Å²) >= 11 is 5.92. The van der Waals surface area contributed by atoms with Crippen LogP contribution in [0.25, 0.3) is 22.5 Å². The molecule has 0 saturated carbocycles. The Labute approximate surface area is 182 Å². The van der Waals surface area contributed by atoms with Gasteiger partial charge in [0.2, 0.25) is 0 Å². The van der Waals surface area contributed by atoms with Crippen molar-refractivity contribution in [2.24, 2.45) is 7.05 Å². The van der Waals surface area contributed by atoms with Crippen LogP contribution in [0, 0.1) is 0 Å². The van der Waals surface area contributed by atoms with Gasteiger partial charge in [0.25, 0.3) is 5.89 Å². The number of nitrogens with one attached hydrogen (secondary N) is 2. The minimum absolute atomic E-state index is 0.278. The van der Waals surface area contributed by atoms with E-state index in [1.807, 2.05) is 54.1 Å². The summed E-state index contributed by atoms with van der Waals surface area (Å²) in [5, 5.41) is 16.4. The van der Waals surface area contributed by atoms with E-state index in [4.69, 9.17) is 16.0 Å². The van der Waals surface area contributed by atoms with E-state index in [1.54, 1.807) is 18.5 Å². The molecule has 3 aromatic heterocycles. The summed E-state index contributed by atoms with van der Waals surface area (Å²) in [5.41, 5.74) is 3.35. The summed E-state index contributed by atoms with van der Waals surface area (Å²) in [4.78, 5) is 9.12. The van der Waals surface area contributed by atoms with Gasteiger partial charge in [0.15, 0.2) is 5.82 Å². The molecule has 0 atom stereocenters. The molecule has 2 aromatic carbocycles. The Hall–Kier alpha value is -3.91. The number of fused-ring (bicyclic) bond motifs is 1. The van der Waals surface area contributed by atoms with Gasteiger partial charge in [-0.15, -0.1) is 5.10 Å². The van der Waals surface area contributed by atoms with Crippen LogP contribution in [-0.2, 0) is 13.6 Å². The number of nitrogens with zero attached hydrogens (tertiary/aromatic N) is 5. The van der Waals surface area contributed by atoms with Gasteiger partial charge in [-0.25, -0.2) is 4.98 Å². The van der Waals surface area contributed by atoms with Gasteiger partial charge >= 0.3 is 6.01 Å². The number of hydrogen-bond acceptors (Lipinski definition) is 7. The van der Waals surface area contributed by atoms with Crippen LogP contribution in [0.4, 0.5) is 17.5 Å². The highest BCUT2D eigenvalue weighted by Gasteiger charge is 2.18. The number of benzene rings is 2. The summed E-state index contributed by atoms with van der Waals surface area (Å²) in [5.74, 6) is 0.990. The van der Waals surface area contributed by atoms with E-state index in [2.05, 4.69) is 36.9 Å². The van der Waals surface area contributed by atoms with Gasteiger partial charge in [-0.2, -0.15) is 0 Å². The molecular weight excluding hydrogens is 414 g/mol. The molecule has 0 fully saturated rings. The minimum Gasteiger partial charge on any atom is -0.401 e. The van der Waals surface area contributed by atoms with E-state index in [0.29, 0.717) is 29.0 Å². The Bertz CT molecular complexity index is 1340. The number of anilines is 3. The van der Waals surface area contributed by atoms with Crippen molar-refractivity contribution in [1.29, 1.82) is 0 Å². The molecule has 5 aromatic rings. The summed E-state index contributed by atoms with van der Waals surface area (Å²) in [6.45, 7) is 0.513. The SMILES string of the molecule is Cn1cnc(NCc2ccc3ccccc3n2)c1-c1nnc(Nc2ccc(Cl)cc2)o1. The van der Waals surface area contributed by atoms with Crippen LogP contribution in [0.3, 0.4) is 0 Å². The third-order valence-electron chi connectivity index (χ3n) is 4.75. The Morgan fingerprint density at radius 1 is 1.00 bits per heavy atom. The Balaban J connectivity index is 1.34. The second kappa shape index (κ2) is 8.08. The van der Waals surface area contributed by atoms with Gasteiger partial charge in [0.1, 0.15) is 5.69 Å². The van der Waals surface area contributed by atoms with E-state index in [9.17, 15) is 0 Å². The lowest BCUT2D eigenvalue weighted by Gasteiger charge is -2.06. The number of aromatic nitrogens is 5. The van der Waals surface area contributed by atoms with Gasteiger partial charge in [-0.1, -0.05) is 41.0 Å². The smallest absolute Gasteiger partial charge is 0.320 e. The van der Waals surface area contributed by atoms with E-state index in [1.165, 1.54) is 0 Å². The van der Waals surface area contributed by atoms with Crippen molar-refractivity contribution in [3.63, 3.8) is 0 Å².